The van der Waals surface area contributed by atoms with Gasteiger partial charge < -0.3 is 9.88 Å². The van der Waals surface area contributed by atoms with Gasteiger partial charge in [0.1, 0.15) is 0 Å². The molecule has 1 heterocycles. The summed E-state index contributed by atoms with van der Waals surface area (Å²) in [5, 5.41) is 3.76. The maximum Gasteiger partial charge on any atom is 0.283 e. The van der Waals surface area contributed by atoms with Crippen molar-refractivity contribution < 1.29 is 4.79 Å². The number of aryl methyl sites for hydroxylation is 1. The lowest BCUT2D eigenvalue weighted by molar-refractivity contribution is -0.118. The van der Waals surface area contributed by atoms with Crippen LogP contribution in [-0.2, 0) is 17.9 Å². The van der Waals surface area contributed by atoms with Crippen molar-refractivity contribution in [3.63, 3.8) is 0 Å². The van der Waals surface area contributed by atoms with Crippen molar-refractivity contribution in [2.45, 2.75) is 25.0 Å². The van der Waals surface area contributed by atoms with Gasteiger partial charge in [-0.15, -0.1) is 0 Å². The first-order valence-electron chi connectivity index (χ1n) is 8.22. The number of halogens is 1. The van der Waals surface area contributed by atoms with E-state index in [2.05, 4.69) is 10.3 Å². The Morgan fingerprint density at radius 2 is 1.92 bits per heavy atom. The lowest BCUT2D eigenvalue weighted by Gasteiger charge is -2.10. The average Bonchev–Trinajstić information content (AvgIpc) is 2.66. The zero-order chi connectivity index (χ0) is 18.5. The van der Waals surface area contributed by atoms with Crippen molar-refractivity contribution in [2.24, 2.45) is 0 Å². The van der Waals surface area contributed by atoms with Crippen LogP contribution in [0.2, 0.25) is 5.02 Å². The molecule has 5 nitrogen and oxygen atoms in total. The molecule has 0 spiro atoms. The number of fused-ring (bicyclic) bond motifs is 1. The van der Waals surface area contributed by atoms with Crippen molar-refractivity contribution in [3.8, 4) is 0 Å². The van der Waals surface area contributed by atoms with Gasteiger partial charge in [0.25, 0.3) is 5.56 Å². The largest absolute Gasteiger partial charge is 0.351 e. The number of nitrogens with zero attached hydrogens (tertiary/aromatic N) is 2. The number of rotatable bonds is 6. The minimum atomic E-state index is -0.174. The minimum absolute atomic E-state index is 0.120. The number of carbonyl (C=O) groups is 1. The molecule has 1 amide bonds. The van der Waals surface area contributed by atoms with Crippen LogP contribution in [0.5, 0.6) is 0 Å². The summed E-state index contributed by atoms with van der Waals surface area (Å²) in [5.41, 5.74) is 2.22. The fourth-order valence-electron chi connectivity index (χ4n) is 2.60. The minimum Gasteiger partial charge on any atom is -0.351 e. The van der Waals surface area contributed by atoms with Crippen LogP contribution in [0.25, 0.3) is 11.0 Å². The van der Waals surface area contributed by atoms with E-state index < -0.39 is 0 Å². The van der Waals surface area contributed by atoms with Crippen LogP contribution in [0.15, 0.2) is 58.4 Å². The second kappa shape index (κ2) is 8.38. The normalized spacial score (nSPS) is 10.8. The fraction of sp³-hybridized carbons (Fsp3) is 0.211. The summed E-state index contributed by atoms with van der Waals surface area (Å²) in [4.78, 5) is 29.1. The quantitative estimate of drug-likeness (QED) is 0.658. The predicted molar refractivity (Wildman–Crippen MR) is 106 cm³/mol. The maximum absolute atomic E-state index is 12.6. The number of amides is 1. The third kappa shape index (κ3) is 4.08. The molecule has 0 saturated heterocycles. The molecule has 0 unspecified atom stereocenters. The standard InChI is InChI=1S/C19H18ClN3O2S/c1-2-23-16-10-6-5-9-15(16)22-18(19(23)25)26-12-17(24)21-11-13-7-3-4-8-14(13)20/h3-10H,2,11-12H2,1H3,(H,21,24). The van der Waals surface area contributed by atoms with Gasteiger partial charge >= 0.3 is 0 Å². The number of hydrogen-bond donors (Lipinski definition) is 1. The Balaban J connectivity index is 1.69. The Hall–Kier alpha value is -2.31. The zero-order valence-electron chi connectivity index (χ0n) is 14.2. The molecule has 0 fully saturated rings. The SMILES string of the molecule is CCn1c(=O)c(SCC(=O)NCc2ccccc2Cl)nc2ccccc21. The van der Waals surface area contributed by atoms with Gasteiger partial charge in [-0.25, -0.2) is 4.98 Å². The van der Waals surface area contributed by atoms with Gasteiger partial charge in [-0.2, -0.15) is 0 Å². The van der Waals surface area contributed by atoms with Crippen molar-refractivity contribution in [2.75, 3.05) is 5.75 Å². The van der Waals surface area contributed by atoms with Crippen LogP contribution < -0.4 is 10.9 Å². The summed E-state index contributed by atoms with van der Waals surface area (Å²) < 4.78 is 1.67. The number of nitrogens with one attached hydrogen (secondary N) is 1. The highest BCUT2D eigenvalue weighted by atomic mass is 35.5. The molecule has 0 bridgehead atoms. The Morgan fingerprint density at radius 1 is 1.19 bits per heavy atom. The van der Waals surface area contributed by atoms with Gasteiger partial charge in [-0.1, -0.05) is 53.7 Å². The monoisotopic (exact) mass is 387 g/mol. The Morgan fingerprint density at radius 3 is 2.69 bits per heavy atom. The van der Waals surface area contributed by atoms with E-state index in [4.69, 9.17) is 11.6 Å². The van der Waals surface area contributed by atoms with Gasteiger partial charge in [0.05, 0.1) is 16.8 Å². The van der Waals surface area contributed by atoms with Gasteiger partial charge in [-0.3, -0.25) is 9.59 Å². The lowest BCUT2D eigenvalue weighted by Crippen LogP contribution is -2.27. The van der Waals surface area contributed by atoms with E-state index in [0.29, 0.717) is 23.1 Å². The number of para-hydroxylation sites is 2. The molecule has 0 aliphatic rings. The van der Waals surface area contributed by atoms with E-state index in [0.717, 1.165) is 28.4 Å². The Kier molecular flexibility index (Phi) is 5.96. The maximum atomic E-state index is 12.6. The molecule has 3 aromatic rings. The Bertz CT molecular complexity index is 1000. The molecule has 0 aliphatic carbocycles. The number of hydrogen-bond acceptors (Lipinski definition) is 4. The van der Waals surface area contributed by atoms with Gasteiger partial charge in [0, 0.05) is 18.1 Å². The molecule has 3 rings (SSSR count). The van der Waals surface area contributed by atoms with E-state index in [9.17, 15) is 9.59 Å². The first kappa shape index (κ1) is 18.5. The van der Waals surface area contributed by atoms with Crippen molar-refractivity contribution in [1.29, 1.82) is 0 Å². The van der Waals surface area contributed by atoms with E-state index in [-0.39, 0.29) is 17.2 Å². The van der Waals surface area contributed by atoms with Crippen LogP contribution in [0.4, 0.5) is 0 Å². The molecule has 0 radical (unpaired) electrons. The summed E-state index contributed by atoms with van der Waals surface area (Å²) in [5.74, 6) is -0.0540. The lowest BCUT2D eigenvalue weighted by atomic mass is 10.2. The topological polar surface area (TPSA) is 64.0 Å². The van der Waals surface area contributed by atoms with Crippen LogP contribution in [0.3, 0.4) is 0 Å². The van der Waals surface area contributed by atoms with E-state index >= 15 is 0 Å². The third-order valence-corrected chi connectivity index (χ3v) is 5.23. The molecular formula is C19H18ClN3O2S. The summed E-state index contributed by atoms with van der Waals surface area (Å²) in [6.45, 7) is 2.82. The van der Waals surface area contributed by atoms with E-state index in [1.54, 1.807) is 10.6 Å². The zero-order valence-corrected chi connectivity index (χ0v) is 15.8. The first-order valence-corrected chi connectivity index (χ1v) is 9.59. The molecule has 26 heavy (non-hydrogen) atoms. The molecule has 7 heteroatoms. The third-order valence-electron chi connectivity index (χ3n) is 3.91. The Labute approximate surface area is 160 Å². The van der Waals surface area contributed by atoms with Gasteiger partial charge in [0.2, 0.25) is 5.91 Å². The number of benzene rings is 2. The van der Waals surface area contributed by atoms with Crippen LogP contribution in [0, 0.1) is 0 Å². The van der Waals surface area contributed by atoms with E-state index in [1.807, 2.05) is 49.4 Å². The van der Waals surface area contributed by atoms with Crippen LogP contribution >= 0.6 is 23.4 Å². The van der Waals surface area contributed by atoms with Crippen LogP contribution in [0.1, 0.15) is 12.5 Å². The first-order chi connectivity index (χ1) is 12.6. The molecule has 2 aromatic carbocycles. The number of aromatic nitrogens is 2. The second-order valence-corrected chi connectivity index (χ2v) is 6.98. The van der Waals surface area contributed by atoms with E-state index in [1.165, 1.54) is 0 Å². The highest BCUT2D eigenvalue weighted by Gasteiger charge is 2.12. The average molecular weight is 388 g/mol. The molecule has 0 aliphatic heterocycles. The summed E-state index contributed by atoms with van der Waals surface area (Å²) in [6, 6.07) is 14.8. The van der Waals surface area contributed by atoms with Crippen molar-refractivity contribution in [1.82, 2.24) is 14.9 Å². The van der Waals surface area contributed by atoms with Gasteiger partial charge in [-0.05, 0) is 30.7 Å². The van der Waals surface area contributed by atoms with Gasteiger partial charge in [0.15, 0.2) is 5.03 Å². The highest BCUT2D eigenvalue weighted by Crippen LogP contribution is 2.17. The van der Waals surface area contributed by atoms with Crippen molar-refractivity contribution >= 4 is 40.3 Å². The predicted octanol–water partition coefficient (Wildman–Crippen LogP) is 3.48. The fourth-order valence-corrected chi connectivity index (χ4v) is 3.57. The summed E-state index contributed by atoms with van der Waals surface area (Å²) >= 11 is 7.23. The molecule has 134 valence electrons. The summed E-state index contributed by atoms with van der Waals surface area (Å²) in [6.07, 6.45) is 0. The summed E-state index contributed by atoms with van der Waals surface area (Å²) in [7, 11) is 0. The number of carbonyl (C=O) groups excluding carboxylic acids is 1. The molecule has 1 aromatic heterocycles. The van der Waals surface area contributed by atoms with Crippen molar-refractivity contribution in [3.05, 3.63) is 69.5 Å². The smallest absolute Gasteiger partial charge is 0.283 e. The second-order valence-electron chi connectivity index (χ2n) is 5.61. The van der Waals surface area contributed by atoms with Crippen LogP contribution in [-0.4, -0.2) is 21.2 Å². The molecular weight excluding hydrogens is 370 g/mol. The highest BCUT2D eigenvalue weighted by molar-refractivity contribution is 7.99. The molecule has 0 saturated carbocycles. The molecule has 0 atom stereocenters. The molecule has 1 N–H and O–H groups in total. The number of thioether (sulfide) groups is 1.